The third-order valence-electron chi connectivity index (χ3n) is 3.57. The average Bonchev–Trinajstić information content (AvgIpc) is 2.81. The molecule has 106 valence electrons. The van der Waals surface area contributed by atoms with Crippen LogP contribution in [0.1, 0.15) is 33.0 Å². The van der Waals surface area contributed by atoms with E-state index in [1.807, 2.05) is 13.1 Å². The molecule has 1 aliphatic rings. The maximum atomic E-state index is 12.5. The van der Waals surface area contributed by atoms with Crippen molar-refractivity contribution >= 4 is 5.91 Å². The van der Waals surface area contributed by atoms with E-state index in [4.69, 9.17) is 0 Å². The molecule has 1 unspecified atom stereocenters. The lowest BCUT2D eigenvalue weighted by Crippen LogP contribution is -2.46. The first-order valence-corrected chi connectivity index (χ1v) is 6.92. The Balaban J connectivity index is 2.03. The zero-order chi connectivity index (χ0) is 14.0. The summed E-state index contributed by atoms with van der Waals surface area (Å²) in [6, 6.07) is 0. The van der Waals surface area contributed by atoms with Gasteiger partial charge in [-0.15, -0.1) is 0 Å². The second-order valence-electron chi connectivity index (χ2n) is 5.89. The normalized spacial score (nSPS) is 19.1. The molecule has 0 aliphatic carbocycles. The van der Waals surface area contributed by atoms with E-state index in [0.29, 0.717) is 19.5 Å². The number of nitrogens with zero attached hydrogens (tertiary/aromatic N) is 3. The van der Waals surface area contributed by atoms with Crippen molar-refractivity contribution < 1.29 is 9.90 Å². The van der Waals surface area contributed by atoms with E-state index < -0.39 is 5.60 Å². The van der Waals surface area contributed by atoms with Gasteiger partial charge in [0.2, 0.25) is 5.91 Å². The van der Waals surface area contributed by atoms with E-state index >= 15 is 0 Å². The highest BCUT2D eigenvalue weighted by Crippen LogP contribution is 2.22. The van der Waals surface area contributed by atoms with Gasteiger partial charge >= 0.3 is 0 Å². The first kappa shape index (κ1) is 14.1. The summed E-state index contributed by atoms with van der Waals surface area (Å²) in [5, 5.41) is 9.88. The molecule has 2 heterocycles. The molecule has 1 N–H and O–H groups in total. The van der Waals surface area contributed by atoms with Crippen molar-refractivity contribution in [3.8, 4) is 0 Å². The largest absolute Gasteiger partial charge is 0.389 e. The van der Waals surface area contributed by atoms with Crippen LogP contribution in [0.5, 0.6) is 0 Å². The molecular weight excluding hydrogens is 242 g/mol. The monoisotopic (exact) mass is 265 g/mol. The molecular formula is C14H23N3O2. The van der Waals surface area contributed by atoms with E-state index in [9.17, 15) is 9.90 Å². The van der Waals surface area contributed by atoms with E-state index in [-0.39, 0.29) is 11.8 Å². The molecule has 5 nitrogen and oxygen atoms in total. The molecule has 0 radical (unpaired) electrons. The van der Waals surface area contributed by atoms with Crippen molar-refractivity contribution in [1.82, 2.24) is 14.5 Å². The minimum atomic E-state index is -0.848. The number of aliphatic hydroxyl groups is 1. The summed E-state index contributed by atoms with van der Waals surface area (Å²) in [5.41, 5.74) is -0.848. The molecule has 1 aromatic heterocycles. The minimum Gasteiger partial charge on any atom is -0.389 e. The van der Waals surface area contributed by atoms with Crippen molar-refractivity contribution in [3.05, 3.63) is 18.2 Å². The van der Waals surface area contributed by atoms with E-state index in [1.54, 1.807) is 24.9 Å². The van der Waals surface area contributed by atoms with Crippen molar-refractivity contribution in [3.63, 3.8) is 0 Å². The van der Waals surface area contributed by atoms with Crippen LogP contribution in [0.3, 0.4) is 0 Å². The Morgan fingerprint density at radius 3 is 3.00 bits per heavy atom. The molecule has 1 aromatic rings. The van der Waals surface area contributed by atoms with Gasteiger partial charge in [-0.05, 0) is 27.2 Å². The van der Waals surface area contributed by atoms with Gasteiger partial charge < -0.3 is 14.6 Å². The van der Waals surface area contributed by atoms with E-state index in [0.717, 1.165) is 18.8 Å². The highest BCUT2D eigenvalue weighted by molar-refractivity contribution is 5.79. The second-order valence-corrected chi connectivity index (χ2v) is 5.89. The molecule has 0 saturated carbocycles. The lowest BCUT2D eigenvalue weighted by atomic mass is 9.95. The van der Waals surface area contributed by atoms with Gasteiger partial charge in [0.05, 0.1) is 5.60 Å². The van der Waals surface area contributed by atoms with Crippen LogP contribution in [-0.4, -0.2) is 44.2 Å². The third-order valence-corrected chi connectivity index (χ3v) is 3.57. The Bertz CT molecular complexity index is 448. The standard InChI is InChI=1S/C14H23N3O2/c1-4-16(10-14(2,3)19)13(18)11-5-7-17-8-6-15-12(17)9-11/h6,8,11,19H,4-5,7,9-10H2,1-3H3. The zero-order valence-electron chi connectivity index (χ0n) is 12.0. The highest BCUT2D eigenvalue weighted by Gasteiger charge is 2.30. The fourth-order valence-electron chi connectivity index (χ4n) is 2.63. The predicted molar refractivity (Wildman–Crippen MR) is 72.6 cm³/mol. The van der Waals surface area contributed by atoms with Gasteiger partial charge in [-0.25, -0.2) is 4.98 Å². The predicted octanol–water partition coefficient (Wildman–Crippen LogP) is 1.06. The Morgan fingerprint density at radius 1 is 1.63 bits per heavy atom. The summed E-state index contributed by atoms with van der Waals surface area (Å²) in [6.07, 6.45) is 5.31. The van der Waals surface area contributed by atoms with Crippen LogP contribution in [0.2, 0.25) is 0 Å². The summed E-state index contributed by atoms with van der Waals surface area (Å²) in [7, 11) is 0. The Kier molecular flexibility index (Phi) is 3.94. The van der Waals surface area contributed by atoms with E-state index in [1.165, 1.54) is 0 Å². The molecule has 0 fully saturated rings. The lowest BCUT2D eigenvalue weighted by molar-refractivity contribution is -0.139. The van der Waals surface area contributed by atoms with Gasteiger partial charge in [0.15, 0.2) is 0 Å². The Morgan fingerprint density at radius 2 is 2.37 bits per heavy atom. The van der Waals surface area contributed by atoms with Crippen molar-refractivity contribution in [2.75, 3.05) is 13.1 Å². The topological polar surface area (TPSA) is 58.4 Å². The quantitative estimate of drug-likeness (QED) is 0.885. The third kappa shape index (κ3) is 3.35. The summed E-state index contributed by atoms with van der Waals surface area (Å²) < 4.78 is 2.11. The van der Waals surface area contributed by atoms with Gasteiger partial charge in [0, 0.05) is 44.4 Å². The summed E-state index contributed by atoms with van der Waals surface area (Å²) in [4.78, 5) is 18.6. The van der Waals surface area contributed by atoms with Gasteiger partial charge in [-0.3, -0.25) is 4.79 Å². The maximum absolute atomic E-state index is 12.5. The number of imidazole rings is 1. The number of hydrogen-bond donors (Lipinski definition) is 1. The molecule has 19 heavy (non-hydrogen) atoms. The number of carbonyl (C=O) groups is 1. The fourth-order valence-corrected chi connectivity index (χ4v) is 2.63. The van der Waals surface area contributed by atoms with Crippen molar-refractivity contribution in [1.29, 1.82) is 0 Å². The summed E-state index contributed by atoms with van der Waals surface area (Å²) in [5.74, 6) is 1.12. The van der Waals surface area contributed by atoms with Crippen LogP contribution in [0.25, 0.3) is 0 Å². The molecule has 5 heteroatoms. The highest BCUT2D eigenvalue weighted by atomic mass is 16.3. The molecule has 0 spiro atoms. The van der Waals surface area contributed by atoms with Gasteiger partial charge in [0.1, 0.15) is 5.82 Å². The number of aryl methyl sites for hydroxylation is 1. The first-order chi connectivity index (χ1) is 8.90. The molecule has 1 atom stereocenters. The number of rotatable bonds is 4. The van der Waals surface area contributed by atoms with Crippen LogP contribution < -0.4 is 0 Å². The number of aromatic nitrogens is 2. The van der Waals surface area contributed by atoms with Crippen LogP contribution in [0, 0.1) is 5.92 Å². The smallest absolute Gasteiger partial charge is 0.226 e. The minimum absolute atomic E-state index is 0.00259. The van der Waals surface area contributed by atoms with Crippen LogP contribution in [0.4, 0.5) is 0 Å². The summed E-state index contributed by atoms with van der Waals surface area (Å²) >= 11 is 0. The van der Waals surface area contributed by atoms with Crippen LogP contribution >= 0.6 is 0 Å². The second kappa shape index (κ2) is 5.33. The number of carbonyl (C=O) groups excluding carboxylic acids is 1. The number of hydrogen-bond acceptors (Lipinski definition) is 3. The zero-order valence-corrected chi connectivity index (χ0v) is 12.0. The Labute approximate surface area is 114 Å². The maximum Gasteiger partial charge on any atom is 0.226 e. The number of fused-ring (bicyclic) bond motifs is 1. The Hall–Kier alpha value is -1.36. The van der Waals surface area contributed by atoms with Crippen molar-refractivity contribution in [2.45, 2.75) is 45.8 Å². The lowest BCUT2D eigenvalue weighted by Gasteiger charge is -2.32. The van der Waals surface area contributed by atoms with E-state index in [2.05, 4.69) is 9.55 Å². The van der Waals surface area contributed by atoms with Crippen LogP contribution in [-0.2, 0) is 17.8 Å². The van der Waals surface area contributed by atoms with Gasteiger partial charge in [-0.1, -0.05) is 0 Å². The molecule has 2 rings (SSSR count). The molecule has 0 aromatic carbocycles. The van der Waals surface area contributed by atoms with Gasteiger partial charge in [-0.2, -0.15) is 0 Å². The van der Waals surface area contributed by atoms with Crippen LogP contribution in [0.15, 0.2) is 12.4 Å². The SMILES string of the molecule is CCN(CC(C)(C)O)C(=O)C1CCn2ccnc2C1. The summed E-state index contributed by atoms with van der Waals surface area (Å²) in [6.45, 7) is 7.29. The molecule has 0 saturated heterocycles. The van der Waals surface area contributed by atoms with Crippen molar-refractivity contribution in [2.24, 2.45) is 5.92 Å². The molecule has 1 aliphatic heterocycles. The molecule has 0 bridgehead atoms. The van der Waals surface area contributed by atoms with Gasteiger partial charge in [0.25, 0.3) is 0 Å². The fraction of sp³-hybridized carbons (Fsp3) is 0.714. The number of amides is 1. The molecule has 1 amide bonds. The average molecular weight is 265 g/mol. The first-order valence-electron chi connectivity index (χ1n) is 6.92. The number of likely N-dealkylation sites (N-methyl/N-ethyl adjacent to an activating group) is 1.